The average Bonchev–Trinajstić information content (AvgIpc) is 2.38. The van der Waals surface area contributed by atoms with Crippen LogP contribution in [0.2, 0.25) is 18.1 Å². The first kappa shape index (κ1) is 24.6. The molecule has 0 aliphatic heterocycles. The largest absolute Gasteiger partial charge is 0.475 e. The summed E-state index contributed by atoms with van der Waals surface area (Å²) in [6.07, 6.45) is -1.99. The number of ketones is 1. The van der Waals surface area contributed by atoms with Gasteiger partial charge in [-0.3, -0.25) is 4.79 Å². The zero-order valence-corrected chi connectivity index (χ0v) is 18.7. The first-order valence-corrected chi connectivity index (χ1v) is 11.7. The lowest BCUT2D eigenvalue weighted by Gasteiger charge is -2.41. The van der Waals surface area contributed by atoms with Gasteiger partial charge in [-0.1, -0.05) is 34.6 Å². The Morgan fingerprint density at radius 3 is 1.77 bits per heavy atom. The first-order valence-electron chi connectivity index (χ1n) is 8.83. The highest BCUT2D eigenvalue weighted by Crippen LogP contribution is 2.38. The van der Waals surface area contributed by atoms with Gasteiger partial charge in [-0.25, -0.2) is 9.59 Å². The second kappa shape index (κ2) is 8.52. The van der Waals surface area contributed by atoms with Crippen molar-refractivity contribution in [3.8, 4) is 0 Å². The summed E-state index contributed by atoms with van der Waals surface area (Å²) in [5, 5.41) is 11.7. The summed E-state index contributed by atoms with van der Waals surface area (Å²) in [6.45, 7) is 18.6. The average molecular weight is 390 g/mol. The maximum atomic E-state index is 12.4. The number of carbonyl (C=O) groups excluding carboxylic acids is 2. The summed E-state index contributed by atoms with van der Waals surface area (Å²) in [5.74, 6) is -2.88. The van der Waals surface area contributed by atoms with Crippen LogP contribution >= 0.6 is 0 Å². The molecule has 26 heavy (non-hydrogen) atoms. The van der Waals surface area contributed by atoms with E-state index >= 15 is 0 Å². The number of nitrogens with one attached hydrogen (secondary N) is 1. The number of ether oxygens (including phenoxy) is 1. The van der Waals surface area contributed by atoms with Gasteiger partial charge >= 0.3 is 12.1 Å². The van der Waals surface area contributed by atoms with Crippen molar-refractivity contribution in [1.82, 2.24) is 5.32 Å². The number of carboxylic acids is 1. The molecule has 0 saturated heterocycles. The molecule has 152 valence electrons. The van der Waals surface area contributed by atoms with Crippen LogP contribution in [-0.4, -0.2) is 49.0 Å². The zero-order chi connectivity index (χ0) is 21.1. The standard InChI is InChI=1S/C18H35NO6Si/c1-11(2)12(19-16(23)24-17(3,4)5)14(13(20)15(21)22)25-26(9,10)18(6,7)8/h11-12,14H,1-10H3,(H,19,23)(H,21,22)/t12-,14-/m1/s1. The molecule has 0 unspecified atom stereocenters. The van der Waals surface area contributed by atoms with Gasteiger partial charge in [0.25, 0.3) is 5.78 Å². The predicted octanol–water partition coefficient (Wildman–Crippen LogP) is 3.58. The molecule has 2 atom stereocenters. The van der Waals surface area contributed by atoms with Gasteiger partial charge in [0.2, 0.25) is 0 Å². The molecule has 0 spiro atoms. The van der Waals surface area contributed by atoms with E-state index < -0.39 is 43.9 Å². The molecule has 0 aromatic rings. The van der Waals surface area contributed by atoms with E-state index in [9.17, 15) is 19.5 Å². The summed E-state index contributed by atoms with van der Waals surface area (Å²) in [7, 11) is -2.46. The number of Topliss-reactive ketones (excluding diaryl/α,β-unsaturated/α-hetero) is 1. The SMILES string of the molecule is CC(C)[C@@H](NC(=O)OC(C)(C)C)[C@@H](O[Si](C)(C)C(C)(C)C)C(=O)C(=O)O. The fourth-order valence-electron chi connectivity index (χ4n) is 1.94. The third kappa shape index (κ3) is 7.45. The van der Waals surface area contributed by atoms with E-state index in [0.717, 1.165) is 0 Å². The summed E-state index contributed by atoms with van der Waals surface area (Å²) in [6, 6.07) is -0.817. The van der Waals surface area contributed by atoms with Crippen molar-refractivity contribution in [3.05, 3.63) is 0 Å². The van der Waals surface area contributed by atoms with Gasteiger partial charge in [0, 0.05) is 0 Å². The molecular weight excluding hydrogens is 354 g/mol. The molecule has 0 aromatic carbocycles. The van der Waals surface area contributed by atoms with Crippen molar-refractivity contribution in [2.75, 3.05) is 0 Å². The molecule has 0 bridgehead atoms. The molecule has 0 aliphatic rings. The van der Waals surface area contributed by atoms with Gasteiger partial charge in [0.1, 0.15) is 11.7 Å². The summed E-state index contributed by atoms with van der Waals surface area (Å²) in [4.78, 5) is 35.9. The normalized spacial score (nSPS) is 15.3. The molecule has 8 heteroatoms. The Bertz CT molecular complexity index is 531. The highest BCUT2D eigenvalue weighted by atomic mass is 28.4. The second-order valence-corrected chi connectivity index (χ2v) is 14.1. The molecule has 1 amide bonds. The number of carboxylic acid groups (broad SMARTS) is 1. The Labute approximate surface area is 158 Å². The monoisotopic (exact) mass is 389 g/mol. The molecule has 0 aliphatic carbocycles. The van der Waals surface area contributed by atoms with E-state index in [4.69, 9.17) is 9.16 Å². The van der Waals surface area contributed by atoms with Gasteiger partial charge in [0.05, 0.1) is 6.04 Å². The number of hydrogen-bond donors (Lipinski definition) is 2. The van der Waals surface area contributed by atoms with Gasteiger partial charge in [-0.2, -0.15) is 0 Å². The van der Waals surface area contributed by atoms with Crippen LogP contribution in [0.4, 0.5) is 4.79 Å². The number of hydrogen-bond acceptors (Lipinski definition) is 5. The summed E-state index contributed by atoms with van der Waals surface area (Å²) in [5.41, 5.74) is -0.710. The van der Waals surface area contributed by atoms with Gasteiger partial charge in [0.15, 0.2) is 8.32 Å². The van der Waals surface area contributed by atoms with Crippen molar-refractivity contribution in [3.63, 3.8) is 0 Å². The molecule has 0 fully saturated rings. The Balaban J connectivity index is 5.76. The van der Waals surface area contributed by atoms with Crippen molar-refractivity contribution < 1.29 is 28.7 Å². The van der Waals surface area contributed by atoms with Crippen LogP contribution in [0, 0.1) is 5.92 Å². The lowest BCUT2D eigenvalue weighted by Crippen LogP contribution is -2.58. The maximum Gasteiger partial charge on any atom is 0.407 e. The Kier molecular flexibility index (Phi) is 8.05. The highest BCUT2D eigenvalue weighted by molar-refractivity contribution is 6.74. The first-order chi connectivity index (χ1) is 11.4. The molecule has 7 nitrogen and oxygen atoms in total. The third-order valence-electron chi connectivity index (χ3n) is 4.42. The van der Waals surface area contributed by atoms with E-state index in [1.165, 1.54) is 0 Å². The lowest BCUT2D eigenvalue weighted by atomic mass is 9.96. The van der Waals surface area contributed by atoms with Crippen LogP contribution in [0.3, 0.4) is 0 Å². The van der Waals surface area contributed by atoms with Crippen molar-refractivity contribution in [2.45, 2.75) is 91.3 Å². The smallest absolute Gasteiger partial charge is 0.407 e. The van der Waals surface area contributed by atoms with Crippen LogP contribution in [0.1, 0.15) is 55.4 Å². The molecule has 2 N–H and O–H groups in total. The quantitative estimate of drug-likeness (QED) is 0.510. The van der Waals surface area contributed by atoms with Crippen LogP contribution in [-0.2, 0) is 18.8 Å². The number of rotatable bonds is 7. The minimum atomic E-state index is -2.46. The van der Waals surface area contributed by atoms with Gasteiger partial charge in [-0.15, -0.1) is 0 Å². The number of aliphatic carboxylic acids is 1. The highest BCUT2D eigenvalue weighted by Gasteiger charge is 2.45. The number of carbonyl (C=O) groups is 3. The molecule has 0 rings (SSSR count). The molecule has 0 radical (unpaired) electrons. The summed E-state index contributed by atoms with van der Waals surface area (Å²) < 4.78 is 11.4. The predicted molar refractivity (Wildman–Crippen MR) is 103 cm³/mol. The number of alkyl carbamates (subject to hydrolysis) is 1. The van der Waals surface area contributed by atoms with Crippen LogP contribution in [0.25, 0.3) is 0 Å². The van der Waals surface area contributed by atoms with E-state index in [1.807, 2.05) is 33.9 Å². The Morgan fingerprint density at radius 2 is 1.46 bits per heavy atom. The maximum absolute atomic E-state index is 12.4. The number of amides is 1. The molecule has 0 saturated carbocycles. The minimum Gasteiger partial charge on any atom is -0.475 e. The van der Waals surface area contributed by atoms with E-state index in [1.54, 1.807) is 34.6 Å². The van der Waals surface area contributed by atoms with Gasteiger partial charge in [-0.05, 0) is 44.8 Å². The fourth-order valence-corrected chi connectivity index (χ4v) is 3.18. The fraction of sp³-hybridized carbons (Fsp3) is 0.833. The van der Waals surface area contributed by atoms with Crippen molar-refractivity contribution in [1.29, 1.82) is 0 Å². The van der Waals surface area contributed by atoms with Crippen LogP contribution in [0.15, 0.2) is 0 Å². The molecule has 0 aromatic heterocycles. The van der Waals surface area contributed by atoms with Gasteiger partial charge < -0.3 is 19.6 Å². The van der Waals surface area contributed by atoms with Crippen LogP contribution in [0.5, 0.6) is 0 Å². The summed E-state index contributed by atoms with van der Waals surface area (Å²) >= 11 is 0. The van der Waals surface area contributed by atoms with E-state index in [2.05, 4.69) is 5.32 Å². The lowest BCUT2D eigenvalue weighted by molar-refractivity contribution is -0.153. The van der Waals surface area contributed by atoms with Crippen molar-refractivity contribution in [2.24, 2.45) is 5.92 Å². The Hall–Kier alpha value is -1.41. The van der Waals surface area contributed by atoms with E-state index in [-0.39, 0.29) is 11.0 Å². The zero-order valence-electron chi connectivity index (χ0n) is 17.7. The third-order valence-corrected chi connectivity index (χ3v) is 8.88. The molecule has 0 heterocycles. The molecular formula is C18H35NO6Si. The minimum absolute atomic E-state index is 0.225. The van der Waals surface area contributed by atoms with Crippen LogP contribution < -0.4 is 5.32 Å². The second-order valence-electron chi connectivity index (χ2n) is 9.38. The van der Waals surface area contributed by atoms with Crippen molar-refractivity contribution >= 4 is 26.2 Å². The topological polar surface area (TPSA) is 102 Å². The van der Waals surface area contributed by atoms with E-state index in [0.29, 0.717) is 0 Å². The Morgan fingerprint density at radius 1 is 1.00 bits per heavy atom.